The van der Waals surface area contributed by atoms with Crippen molar-refractivity contribution in [1.82, 2.24) is 4.98 Å². The van der Waals surface area contributed by atoms with Gasteiger partial charge >= 0.3 is 0 Å². The first kappa shape index (κ1) is 22.7. The van der Waals surface area contributed by atoms with E-state index in [2.05, 4.69) is 47.4 Å². The van der Waals surface area contributed by atoms with E-state index in [1.165, 1.54) is 18.3 Å². The normalized spacial score (nSPS) is 10.8. The van der Waals surface area contributed by atoms with Gasteiger partial charge in [-0.3, -0.25) is 15.5 Å². The van der Waals surface area contributed by atoms with Crippen LogP contribution in [0.3, 0.4) is 0 Å². The zero-order valence-corrected chi connectivity index (χ0v) is 19.6. The summed E-state index contributed by atoms with van der Waals surface area (Å²) in [6, 6.07) is 14.4. The van der Waals surface area contributed by atoms with Crippen LogP contribution in [0, 0.1) is 10.1 Å². The molecule has 2 aromatic carbocycles. The van der Waals surface area contributed by atoms with E-state index in [9.17, 15) is 10.1 Å². The molecule has 10 heteroatoms. The van der Waals surface area contributed by atoms with E-state index >= 15 is 0 Å². The molecule has 0 radical (unpaired) electrons. The molecule has 1 heterocycles. The van der Waals surface area contributed by atoms with Crippen molar-refractivity contribution in [3.63, 3.8) is 0 Å². The van der Waals surface area contributed by atoms with Gasteiger partial charge in [0.1, 0.15) is 18.6 Å². The molecule has 0 saturated heterocycles. The molecule has 3 aromatic rings. The van der Waals surface area contributed by atoms with E-state index in [4.69, 9.17) is 9.47 Å². The predicted octanol–water partition coefficient (Wildman–Crippen LogP) is 5.94. The lowest BCUT2D eigenvalue weighted by molar-refractivity contribution is -0.385. The maximum atomic E-state index is 10.7. The highest BCUT2D eigenvalue weighted by Gasteiger charge is 2.11. The number of ether oxygens (including phenoxy) is 2. The Bertz CT molecular complexity index is 1070. The number of halogens is 2. The van der Waals surface area contributed by atoms with E-state index in [1.54, 1.807) is 6.21 Å². The van der Waals surface area contributed by atoms with Gasteiger partial charge in [0, 0.05) is 20.6 Å². The molecule has 0 saturated carbocycles. The summed E-state index contributed by atoms with van der Waals surface area (Å²) in [5.74, 6) is 1.59. The van der Waals surface area contributed by atoms with E-state index in [-0.39, 0.29) is 5.69 Å². The summed E-state index contributed by atoms with van der Waals surface area (Å²) < 4.78 is 13.5. The van der Waals surface area contributed by atoms with Gasteiger partial charge in [-0.05, 0) is 58.7 Å². The SMILES string of the molecule is CCOc1cc(/C=N/Nc2ccc([N+](=O)[O-])cn2)c(Br)cc1OCc1ccc(Br)cc1. The Morgan fingerprint density at radius 1 is 1.13 bits per heavy atom. The van der Waals surface area contributed by atoms with Gasteiger partial charge in [-0.15, -0.1) is 0 Å². The highest BCUT2D eigenvalue weighted by molar-refractivity contribution is 9.10. The van der Waals surface area contributed by atoms with Crippen LogP contribution in [-0.2, 0) is 6.61 Å². The largest absolute Gasteiger partial charge is 0.490 e. The number of hydrazone groups is 1. The molecule has 1 N–H and O–H groups in total. The summed E-state index contributed by atoms with van der Waals surface area (Å²) in [5, 5.41) is 14.8. The van der Waals surface area contributed by atoms with Gasteiger partial charge in [0.25, 0.3) is 5.69 Å². The number of nitro groups is 1. The zero-order chi connectivity index (χ0) is 22.2. The predicted molar refractivity (Wildman–Crippen MR) is 126 cm³/mol. The molecule has 0 spiro atoms. The van der Waals surface area contributed by atoms with Gasteiger partial charge in [-0.1, -0.05) is 28.1 Å². The van der Waals surface area contributed by atoms with Crippen molar-refractivity contribution in [2.24, 2.45) is 5.10 Å². The first-order valence-corrected chi connectivity index (χ1v) is 10.8. The van der Waals surface area contributed by atoms with Crippen molar-refractivity contribution in [1.29, 1.82) is 0 Å². The van der Waals surface area contributed by atoms with Crippen LogP contribution in [0.2, 0.25) is 0 Å². The summed E-state index contributed by atoms with van der Waals surface area (Å²) in [6.07, 6.45) is 2.76. The fraction of sp³-hybridized carbons (Fsp3) is 0.143. The minimum atomic E-state index is -0.507. The number of nitrogens with zero attached hydrogens (tertiary/aromatic N) is 3. The quantitative estimate of drug-likeness (QED) is 0.201. The lowest BCUT2D eigenvalue weighted by Crippen LogP contribution is -2.01. The lowest BCUT2D eigenvalue weighted by atomic mass is 10.2. The van der Waals surface area contributed by atoms with Crippen LogP contribution in [0.4, 0.5) is 11.5 Å². The number of rotatable bonds is 9. The Morgan fingerprint density at radius 3 is 2.52 bits per heavy atom. The van der Waals surface area contributed by atoms with Crippen molar-refractivity contribution >= 4 is 49.6 Å². The van der Waals surface area contributed by atoms with Gasteiger partial charge in [-0.2, -0.15) is 5.10 Å². The van der Waals surface area contributed by atoms with E-state index in [1.807, 2.05) is 43.3 Å². The average molecular weight is 550 g/mol. The molecular formula is C21H18Br2N4O4. The third-order valence-corrected chi connectivity index (χ3v) is 5.23. The van der Waals surface area contributed by atoms with Crippen LogP contribution in [0.25, 0.3) is 0 Å². The van der Waals surface area contributed by atoms with Crippen molar-refractivity contribution in [3.8, 4) is 11.5 Å². The maximum absolute atomic E-state index is 10.7. The second-order valence-electron chi connectivity index (χ2n) is 6.20. The molecule has 0 aliphatic heterocycles. The van der Waals surface area contributed by atoms with Gasteiger partial charge in [0.15, 0.2) is 11.5 Å². The summed E-state index contributed by atoms with van der Waals surface area (Å²) >= 11 is 6.95. The van der Waals surface area contributed by atoms with Crippen LogP contribution in [0.1, 0.15) is 18.1 Å². The van der Waals surface area contributed by atoms with Crippen LogP contribution in [0.5, 0.6) is 11.5 Å². The molecule has 160 valence electrons. The fourth-order valence-corrected chi connectivity index (χ4v) is 3.19. The fourth-order valence-electron chi connectivity index (χ4n) is 2.50. The number of hydrogen-bond acceptors (Lipinski definition) is 7. The molecule has 0 fully saturated rings. The summed E-state index contributed by atoms with van der Waals surface area (Å²) in [4.78, 5) is 14.1. The molecule has 8 nitrogen and oxygen atoms in total. The highest BCUT2D eigenvalue weighted by atomic mass is 79.9. The summed E-state index contributed by atoms with van der Waals surface area (Å²) in [5.41, 5.74) is 4.45. The zero-order valence-electron chi connectivity index (χ0n) is 16.4. The smallest absolute Gasteiger partial charge is 0.287 e. The topological polar surface area (TPSA) is 98.9 Å². The second kappa shape index (κ2) is 10.9. The Hall–Kier alpha value is -2.98. The van der Waals surface area contributed by atoms with Gasteiger partial charge < -0.3 is 9.47 Å². The molecule has 31 heavy (non-hydrogen) atoms. The molecule has 0 bridgehead atoms. The molecule has 1 aromatic heterocycles. The number of benzene rings is 2. The number of anilines is 1. The van der Waals surface area contributed by atoms with Crippen molar-refractivity contribution < 1.29 is 14.4 Å². The van der Waals surface area contributed by atoms with Crippen LogP contribution < -0.4 is 14.9 Å². The third-order valence-electron chi connectivity index (χ3n) is 4.01. The first-order valence-electron chi connectivity index (χ1n) is 9.19. The lowest BCUT2D eigenvalue weighted by Gasteiger charge is -2.14. The monoisotopic (exact) mass is 548 g/mol. The molecule has 0 aliphatic rings. The highest BCUT2D eigenvalue weighted by Crippen LogP contribution is 2.34. The van der Waals surface area contributed by atoms with Crippen LogP contribution in [-0.4, -0.2) is 22.7 Å². The Balaban J connectivity index is 1.71. The number of nitrogens with one attached hydrogen (secondary N) is 1. The maximum Gasteiger partial charge on any atom is 0.287 e. The molecule has 0 unspecified atom stereocenters. The number of pyridine rings is 1. The van der Waals surface area contributed by atoms with Gasteiger partial charge in [-0.25, -0.2) is 4.98 Å². The van der Waals surface area contributed by atoms with Crippen LogP contribution >= 0.6 is 31.9 Å². The summed E-state index contributed by atoms with van der Waals surface area (Å²) in [7, 11) is 0. The Kier molecular flexibility index (Phi) is 7.96. The van der Waals surface area contributed by atoms with Crippen molar-refractivity contribution in [3.05, 3.63) is 84.9 Å². The third kappa shape index (κ3) is 6.50. The first-order chi connectivity index (χ1) is 15.0. The second-order valence-corrected chi connectivity index (χ2v) is 7.97. The molecular weight excluding hydrogens is 532 g/mol. The van der Waals surface area contributed by atoms with Gasteiger partial charge in [0.05, 0.1) is 17.7 Å². The molecule has 0 atom stereocenters. The Labute approximate surface area is 195 Å². The number of aromatic nitrogens is 1. The standard InChI is InChI=1S/C21H18Br2N4O4/c1-2-30-19-9-15(11-25-26-21-8-7-17(12-24-21)27(28)29)18(23)10-20(19)31-13-14-3-5-16(22)6-4-14/h3-12H,2,13H2,1H3,(H,24,26)/b25-11+. The van der Waals surface area contributed by atoms with E-state index < -0.39 is 4.92 Å². The van der Waals surface area contributed by atoms with E-state index in [0.717, 1.165) is 20.1 Å². The molecule has 3 rings (SSSR count). The number of hydrogen-bond donors (Lipinski definition) is 1. The van der Waals surface area contributed by atoms with Crippen molar-refractivity contribution in [2.75, 3.05) is 12.0 Å². The molecule has 0 amide bonds. The molecule has 0 aliphatic carbocycles. The minimum Gasteiger partial charge on any atom is -0.490 e. The Morgan fingerprint density at radius 2 is 1.87 bits per heavy atom. The summed E-state index contributed by atoms with van der Waals surface area (Å²) in [6.45, 7) is 2.79. The van der Waals surface area contributed by atoms with Crippen LogP contribution in [0.15, 0.2) is 68.8 Å². The van der Waals surface area contributed by atoms with Crippen molar-refractivity contribution in [2.45, 2.75) is 13.5 Å². The van der Waals surface area contributed by atoms with E-state index in [0.29, 0.717) is 30.5 Å². The minimum absolute atomic E-state index is 0.0858. The average Bonchev–Trinajstić information content (AvgIpc) is 2.76. The van der Waals surface area contributed by atoms with Gasteiger partial charge in [0.2, 0.25) is 0 Å².